The molecule has 1 aromatic rings. The Morgan fingerprint density at radius 3 is 2.44 bits per heavy atom. The summed E-state index contributed by atoms with van der Waals surface area (Å²) in [6.07, 6.45) is 1.45. The maximum atomic E-state index is 12.2. The Hall–Kier alpha value is -0.500. The van der Waals surface area contributed by atoms with Crippen LogP contribution in [-0.2, 0) is 10.0 Å². The largest absolute Gasteiger partial charge is 0.304 e. The molecule has 0 radical (unpaired) electrons. The van der Waals surface area contributed by atoms with Crippen molar-refractivity contribution in [2.24, 2.45) is 0 Å². The Labute approximate surface area is 99.8 Å². The van der Waals surface area contributed by atoms with E-state index < -0.39 is 10.0 Å². The molecule has 7 heteroatoms. The monoisotopic (exact) mass is 261 g/mol. The maximum Gasteiger partial charge on any atom is 0.254 e. The Morgan fingerprint density at radius 2 is 1.94 bits per heavy atom. The van der Waals surface area contributed by atoms with Gasteiger partial charge in [0.1, 0.15) is 0 Å². The minimum Gasteiger partial charge on any atom is -0.304 e. The van der Waals surface area contributed by atoms with Crippen LogP contribution in [0.2, 0.25) is 0 Å². The van der Waals surface area contributed by atoms with Gasteiger partial charge in [-0.05, 0) is 14.0 Å². The second-order valence-corrected chi connectivity index (χ2v) is 7.31. The molecule has 1 saturated heterocycles. The van der Waals surface area contributed by atoms with E-state index in [1.54, 1.807) is 4.31 Å². The molecular weight excluding hydrogens is 246 g/mol. The third-order valence-electron chi connectivity index (χ3n) is 2.66. The number of aromatic nitrogens is 1. The molecule has 1 aliphatic heterocycles. The summed E-state index contributed by atoms with van der Waals surface area (Å²) in [5.74, 6) is 0. The average Bonchev–Trinajstić information content (AvgIpc) is 2.66. The van der Waals surface area contributed by atoms with Gasteiger partial charge in [-0.3, -0.25) is 0 Å². The van der Waals surface area contributed by atoms with Crippen LogP contribution in [0, 0.1) is 6.92 Å². The highest BCUT2D eigenvalue weighted by molar-refractivity contribution is 7.91. The van der Waals surface area contributed by atoms with Crippen molar-refractivity contribution in [3.05, 3.63) is 11.2 Å². The highest BCUT2D eigenvalue weighted by Crippen LogP contribution is 2.22. The first-order chi connectivity index (χ1) is 7.50. The summed E-state index contributed by atoms with van der Waals surface area (Å²) in [7, 11) is -1.30. The van der Waals surface area contributed by atoms with Crippen molar-refractivity contribution in [3.63, 3.8) is 0 Å². The van der Waals surface area contributed by atoms with Crippen LogP contribution in [0.1, 0.15) is 5.01 Å². The van der Waals surface area contributed by atoms with Crippen molar-refractivity contribution >= 4 is 21.4 Å². The predicted octanol–water partition coefficient (Wildman–Crippen LogP) is 0.388. The lowest BCUT2D eigenvalue weighted by Crippen LogP contribution is -2.46. The molecule has 1 aliphatic rings. The number of likely N-dealkylation sites (N-methyl/N-ethyl adjacent to an activating group) is 1. The number of piperazine rings is 1. The zero-order valence-corrected chi connectivity index (χ0v) is 11.0. The minimum atomic E-state index is -3.30. The molecule has 0 saturated carbocycles. The molecule has 0 bridgehead atoms. The fourth-order valence-electron chi connectivity index (χ4n) is 1.62. The molecule has 1 aromatic heterocycles. The second-order valence-electron chi connectivity index (χ2n) is 3.91. The van der Waals surface area contributed by atoms with Gasteiger partial charge < -0.3 is 4.90 Å². The van der Waals surface area contributed by atoms with Crippen LogP contribution in [0.5, 0.6) is 0 Å². The highest BCUT2D eigenvalue weighted by atomic mass is 32.2. The molecule has 0 unspecified atom stereocenters. The zero-order valence-electron chi connectivity index (χ0n) is 9.38. The summed E-state index contributed by atoms with van der Waals surface area (Å²) in [5.41, 5.74) is 0. The molecule has 0 atom stereocenters. The zero-order chi connectivity index (χ0) is 11.8. The fraction of sp³-hybridized carbons (Fsp3) is 0.667. The van der Waals surface area contributed by atoms with Crippen molar-refractivity contribution in [2.45, 2.75) is 11.1 Å². The maximum absolute atomic E-state index is 12.2. The van der Waals surface area contributed by atoms with E-state index in [0.29, 0.717) is 17.3 Å². The second kappa shape index (κ2) is 4.40. The lowest BCUT2D eigenvalue weighted by atomic mass is 10.4. The third-order valence-corrected chi connectivity index (χ3v) is 5.90. The Morgan fingerprint density at radius 1 is 1.31 bits per heavy atom. The lowest BCUT2D eigenvalue weighted by molar-refractivity contribution is 0.222. The molecule has 1 fully saturated rings. The van der Waals surface area contributed by atoms with Crippen LogP contribution in [-0.4, -0.2) is 55.8 Å². The number of hydrogen-bond acceptors (Lipinski definition) is 5. The van der Waals surface area contributed by atoms with Crippen LogP contribution in [0.25, 0.3) is 0 Å². The number of sulfonamides is 1. The van der Waals surface area contributed by atoms with Gasteiger partial charge in [0.25, 0.3) is 10.0 Å². The average molecular weight is 261 g/mol. The first-order valence-electron chi connectivity index (χ1n) is 5.11. The standard InChI is InChI=1S/C9H15N3O2S2/c1-8-10-7-9(15-8)16(13,14)12-5-3-11(2)4-6-12/h7H,3-6H2,1-2H3. The van der Waals surface area contributed by atoms with Gasteiger partial charge in [0.15, 0.2) is 4.21 Å². The third kappa shape index (κ3) is 2.27. The minimum absolute atomic E-state index is 0.356. The van der Waals surface area contributed by atoms with E-state index >= 15 is 0 Å². The molecule has 16 heavy (non-hydrogen) atoms. The molecule has 0 aliphatic carbocycles. The molecule has 5 nitrogen and oxygen atoms in total. The summed E-state index contributed by atoms with van der Waals surface area (Å²) in [6, 6.07) is 0. The van der Waals surface area contributed by atoms with Crippen LogP contribution < -0.4 is 0 Å². The van der Waals surface area contributed by atoms with Crippen LogP contribution in [0.3, 0.4) is 0 Å². The summed E-state index contributed by atoms with van der Waals surface area (Å²) in [4.78, 5) is 6.12. The topological polar surface area (TPSA) is 53.5 Å². The van der Waals surface area contributed by atoms with Crippen LogP contribution >= 0.6 is 11.3 Å². The number of rotatable bonds is 2. The molecule has 0 aromatic carbocycles. The smallest absolute Gasteiger partial charge is 0.254 e. The van der Waals surface area contributed by atoms with Gasteiger partial charge in [-0.25, -0.2) is 13.4 Å². The molecule has 2 rings (SSSR count). The van der Waals surface area contributed by atoms with E-state index in [4.69, 9.17) is 0 Å². The molecule has 90 valence electrons. The Bertz CT molecular complexity index is 461. The van der Waals surface area contributed by atoms with Gasteiger partial charge in [-0.2, -0.15) is 4.31 Å². The van der Waals surface area contributed by atoms with E-state index in [2.05, 4.69) is 9.88 Å². The summed E-state index contributed by atoms with van der Waals surface area (Å²) < 4.78 is 26.3. The molecular formula is C9H15N3O2S2. The first kappa shape index (κ1) is 12.0. The van der Waals surface area contributed by atoms with Gasteiger partial charge >= 0.3 is 0 Å². The first-order valence-corrected chi connectivity index (χ1v) is 7.37. The highest BCUT2D eigenvalue weighted by Gasteiger charge is 2.28. The van der Waals surface area contributed by atoms with E-state index in [-0.39, 0.29) is 0 Å². The van der Waals surface area contributed by atoms with Crippen molar-refractivity contribution in [2.75, 3.05) is 33.2 Å². The molecule has 2 heterocycles. The molecule has 0 N–H and O–H groups in total. The van der Waals surface area contributed by atoms with Gasteiger partial charge in [-0.1, -0.05) is 0 Å². The quantitative estimate of drug-likeness (QED) is 0.773. The lowest BCUT2D eigenvalue weighted by Gasteiger charge is -2.30. The Balaban J connectivity index is 2.20. The van der Waals surface area contributed by atoms with Crippen LogP contribution in [0.4, 0.5) is 0 Å². The van der Waals surface area contributed by atoms with Crippen molar-refractivity contribution in [3.8, 4) is 0 Å². The van der Waals surface area contributed by atoms with Crippen molar-refractivity contribution < 1.29 is 8.42 Å². The summed E-state index contributed by atoms with van der Waals surface area (Å²) in [6.45, 7) is 4.52. The summed E-state index contributed by atoms with van der Waals surface area (Å²) >= 11 is 1.23. The number of thiazole rings is 1. The Kier molecular flexibility index (Phi) is 3.29. The van der Waals surface area contributed by atoms with E-state index in [1.807, 2.05) is 14.0 Å². The molecule has 0 spiro atoms. The molecule has 0 amide bonds. The van der Waals surface area contributed by atoms with Gasteiger partial charge in [0.05, 0.1) is 11.2 Å². The van der Waals surface area contributed by atoms with Gasteiger partial charge in [-0.15, -0.1) is 11.3 Å². The number of aryl methyl sites for hydroxylation is 1. The number of hydrogen-bond donors (Lipinski definition) is 0. The van der Waals surface area contributed by atoms with Gasteiger partial charge in [0, 0.05) is 26.2 Å². The normalized spacial score (nSPS) is 20.1. The van der Waals surface area contributed by atoms with Crippen molar-refractivity contribution in [1.82, 2.24) is 14.2 Å². The van der Waals surface area contributed by atoms with E-state index in [0.717, 1.165) is 18.1 Å². The van der Waals surface area contributed by atoms with E-state index in [9.17, 15) is 8.42 Å². The SMILES string of the molecule is Cc1ncc(S(=O)(=O)N2CCN(C)CC2)s1. The van der Waals surface area contributed by atoms with Crippen LogP contribution in [0.15, 0.2) is 10.4 Å². The number of nitrogens with zero attached hydrogens (tertiary/aromatic N) is 3. The van der Waals surface area contributed by atoms with Gasteiger partial charge in [0.2, 0.25) is 0 Å². The fourth-order valence-corrected chi connectivity index (χ4v) is 4.30. The predicted molar refractivity (Wildman–Crippen MR) is 63.1 cm³/mol. The van der Waals surface area contributed by atoms with E-state index in [1.165, 1.54) is 17.5 Å². The van der Waals surface area contributed by atoms with Crippen molar-refractivity contribution in [1.29, 1.82) is 0 Å². The summed E-state index contributed by atoms with van der Waals surface area (Å²) in [5, 5.41) is 0.785.